The highest BCUT2D eigenvalue weighted by Crippen LogP contribution is 2.61. The van der Waals surface area contributed by atoms with E-state index in [1.54, 1.807) is 0 Å². The maximum Gasteiger partial charge on any atom is 0.417 e. The van der Waals surface area contributed by atoms with Gasteiger partial charge in [-0.2, -0.15) is 0 Å². The van der Waals surface area contributed by atoms with E-state index in [0.29, 0.717) is 0 Å². The molecular weight excluding hydrogens is 214 g/mol. The molecule has 50 valence electrons. The van der Waals surface area contributed by atoms with Gasteiger partial charge >= 0.3 is 13.8 Å². The average Bonchev–Trinajstić information content (AvgIpc) is 1.27. The third-order valence-electron chi connectivity index (χ3n) is 0. The highest BCUT2D eigenvalue weighted by Gasteiger charge is 2.02. The van der Waals surface area contributed by atoms with E-state index in [1.807, 2.05) is 0 Å². The summed E-state index contributed by atoms with van der Waals surface area (Å²) in [5.41, 5.74) is 2.90. The molecule has 0 atom stereocenters. The second-order valence-electron chi connectivity index (χ2n) is 0.528. The Hall–Kier alpha value is 1.16. The molecule has 0 aromatic rings. The highest BCUT2D eigenvalue weighted by molar-refractivity contribution is 8.24. The largest absolute Gasteiger partial charge is 0.417 e. The molecule has 3 nitrogen and oxygen atoms in total. The van der Waals surface area contributed by atoms with Gasteiger partial charge in [-0.3, -0.25) is 10.1 Å². The number of rotatable bonds is 0. The van der Waals surface area contributed by atoms with Crippen molar-refractivity contribution in [2.45, 2.75) is 0 Å². The van der Waals surface area contributed by atoms with Crippen LogP contribution < -0.4 is 5.50 Å². The van der Waals surface area contributed by atoms with Crippen molar-refractivity contribution in [3.8, 4) is 0 Å². The number of hydrogen-bond acceptors (Lipinski definition) is 2. The Bertz CT molecular complexity index is 89.2. The topological polar surface area (TPSA) is 61.8 Å². The molecule has 0 fully saturated rings. The van der Waals surface area contributed by atoms with Crippen LogP contribution >= 0.6 is 47.5 Å². The minimum Gasteiger partial charge on any atom is -0.277 e. The average molecular weight is 217 g/mol. The zero-order chi connectivity index (χ0) is 7.21. The van der Waals surface area contributed by atoms with Gasteiger partial charge in [-0.25, -0.2) is 4.57 Å². The van der Waals surface area contributed by atoms with E-state index in [0.717, 1.165) is 0 Å². The summed E-state index contributed by atoms with van der Waals surface area (Å²) in [5, 5.41) is -3.22. The molecule has 0 radical (unpaired) electrons. The van der Waals surface area contributed by atoms with Gasteiger partial charge in [0.1, 0.15) is 0 Å². The zero-order valence-electron chi connectivity index (χ0n) is 3.55. The van der Waals surface area contributed by atoms with Crippen LogP contribution in [0.2, 0.25) is 0 Å². The van der Waals surface area contributed by atoms with Crippen LogP contribution in [0.25, 0.3) is 0 Å². The van der Waals surface area contributed by atoms with E-state index in [9.17, 15) is 4.57 Å². The lowest BCUT2D eigenvalue weighted by Crippen LogP contribution is -2.29. The second kappa shape index (κ2) is 6.28. The van der Waals surface area contributed by atoms with Crippen LogP contribution in [0.5, 0.6) is 0 Å². The quantitative estimate of drug-likeness (QED) is 0.632. The van der Waals surface area contributed by atoms with E-state index in [1.165, 1.54) is 0 Å². The fraction of sp³-hybridized carbons (Fsp3) is 0. The lowest BCUT2D eigenvalue weighted by atomic mass is 13.9. The summed E-state index contributed by atoms with van der Waals surface area (Å²) < 4.78 is 18.3. The third-order valence-corrected chi connectivity index (χ3v) is 0. The van der Waals surface area contributed by atoms with E-state index >= 15 is 0 Å². The Labute approximate surface area is 62.5 Å². The van der Waals surface area contributed by atoms with Crippen LogP contribution in [0.15, 0.2) is 0 Å². The molecule has 0 heterocycles. The van der Waals surface area contributed by atoms with Crippen molar-refractivity contribution < 1.29 is 14.6 Å². The van der Waals surface area contributed by atoms with Gasteiger partial charge in [0, 0.05) is 0 Å². The minimum absolute atomic E-state index is 0.0833. The Balaban J connectivity index is 0. The lowest BCUT2D eigenvalue weighted by Gasteiger charge is -1.74. The first-order valence-corrected chi connectivity index (χ1v) is 6.61. The van der Waals surface area contributed by atoms with Gasteiger partial charge in [0.25, 0.3) is 0 Å². The summed E-state index contributed by atoms with van der Waals surface area (Å²) in [6.45, 7) is 0. The van der Waals surface area contributed by atoms with Crippen molar-refractivity contribution in [3.05, 3.63) is 0 Å². The van der Waals surface area contributed by atoms with Crippen molar-refractivity contribution in [2.24, 2.45) is 0 Å². The van der Waals surface area contributed by atoms with Gasteiger partial charge in [0.2, 0.25) is 0 Å². The summed E-state index contributed by atoms with van der Waals surface area (Å²) in [7, 11) is -0.0833. The Morgan fingerprint density at radius 2 is 1.38 bits per heavy atom. The van der Waals surface area contributed by atoms with Gasteiger partial charge in [0.15, 0.2) is 0 Å². The van der Waals surface area contributed by atoms with Gasteiger partial charge in [-0.15, -0.1) is 0 Å². The lowest BCUT2D eigenvalue weighted by molar-refractivity contribution is -0.154. The molecule has 0 saturated heterocycles. The Morgan fingerprint density at radius 3 is 1.38 bits per heavy atom. The molecule has 0 aliphatic carbocycles. The molecule has 0 amide bonds. The summed E-state index contributed by atoms with van der Waals surface area (Å²) in [6, 6.07) is 0. The molecule has 0 aromatic heterocycles. The summed E-state index contributed by atoms with van der Waals surface area (Å²) in [5.74, 6) is 0. The van der Waals surface area contributed by atoms with Crippen molar-refractivity contribution in [1.82, 2.24) is 0 Å². The smallest absolute Gasteiger partial charge is 0.277 e. The number of halogens is 3. The molecule has 0 spiro atoms. The Morgan fingerprint density at radius 1 is 1.38 bits per heavy atom. The highest BCUT2D eigenvalue weighted by atomic mass is 36.0. The first-order valence-electron chi connectivity index (χ1n) is 1.19. The molecule has 0 saturated carbocycles. The zero-order valence-corrected chi connectivity index (χ0v) is 7.61. The van der Waals surface area contributed by atoms with Gasteiger partial charge in [0.05, 0.1) is 0 Å². The van der Waals surface area contributed by atoms with E-state index in [4.69, 9.17) is 4.57 Å². The molecule has 0 aromatic carbocycles. The molecule has 8 heavy (non-hydrogen) atoms. The fourth-order valence-corrected chi connectivity index (χ4v) is 0. The predicted octanol–water partition coefficient (Wildman–Crippen LogP) is 2.25. The van der Waals surface area contributed by atoms with Crippen LogP contribution in [0, 0.1) is 0 Å². The molecule has 0 aliphatic rings. The molecule has 3 N–H and O–H groups in total. The van der Waals surface area contributed by atoms with Gasteiger partial charge < -0.3 is 0 Å². The van der Waals surface area contributed by atoms with Crippen LogP contribution in [0.1, 0.15) is 0 Å². The maximum absolute atomic E-state index is 9.51. The summed E-state index contributed by atoms with van der Waals surface area (Å²) in [4.78, 5) is 0. The first-order chi connectivity index (χ1) is 3.41. The third kappa shape index (κ3) is 202. The van der Waals surface area contributed by atoms with Gasteiger partial charge in [-0.1, -0.05) is 0 Å². The second-order valence-corrected chi connectivity index (χ2v) is 7.43. The normalized spacial score (nSPS) is 10.0. The van der Waals surface area contributed by atoms with Crippen molar-refractivity contribution in [3.63, 3.8) is 0 Å². The summed E-state index contributed by atoms with van der Waals surface area (Å²) >= 11 is 13.8. The van der Waals surface area contributed by atoms with E-state index < -0.39 is 5.20 Å². The van der Waals surface area contributed by atoms with Gasteiger partial charge in [-0.05, 0) is 33.7 Å². The summed E-state index contributed by atoms with van der Waals surface area (Å²) in [6.07, 6.45) is 0. The SMILES string of the molecule is O=P(Cl)(Cl)Cl.[NH3+]P=O. The van der Waals surface area contributed by atoms with Crippen LogP contribution in [-0.4, -0.2) is 0 Å². The number of quaternary nitrogens is 1. The monoisotopic (exact) mass is 216 g/mol. The molecule has 0 aliphatic heterocycles. The van der Waals surface area contributed by atoms with E-state index in [-0.39, 0.29) is 8.61 Å². The molecule has 0 unspecified atom stereocenters. The molecular formula is H3Cl3NO2P2+. The molecule has 0 bridgehead atoms. The molecule has 0 rings (SSSR count). The van der Waals surface area contributed by atoms with Crippen molar-refractivity contribution >= 4 is 47.5 Å². The number of hydrogen-bond donors (Lipinski definition) is 1. The predicted molar refractivity (Wildman–Crippen MR) is 35.7 cm³/mol. The maximum atomic E-state index is 9.51. The fourth-order valence-electron chi connectivity index (χ4n) is 0. The standard InChI is InChI=1S/Cl3OP.H2NOP/c1-5(2,3)4;1-3-2/h;(H2,1,2)/p+1. The first kappa shape index (κ1) is 11.9. The Kier molecular flexibility index (Phi) is 9.34. The van der Waals surface area contributed by atoms with E-state index in [2.05, 4.69) is 39.2 Å². The van der Waals surface area contributed by atoms with Crippen LogP contribution in [0.3, 0.4) is 0 Å². The van der Waals surface area contributed by atoms with Crippen molar-refractivity contribution in [2.75, 3.05) is 0 Å². The molecule has 8 heteroatoms. The van der Waals surface area contributed by atoms with Crippen LogP contribution in [0.4, 0.5) is 0 Å². The minimum atomic E-state index is -3.22. The van der Waals surface area contributed by atoms with Crippen molar-refractivity contribution in [1.29, 1.82) is 0 Å². The van der Waals surface area contributed by atoms with Crippen LogP contribution in [-0.2, 0) is 9.13 Å².